The maximum Gasteiger partial charge on any atom is 0.237 e. The summed E-state index contributed by atoms with van der Waals surface area (Å²) in [7, 11) is 0. The summed E-state index contributed by atoms with van der Waals surface area (Å²) in [5, 5.41) is 13.8. The molecule has 166 valence electrons. The van der Waals surface area contributed by atoms with Crippen LogP contribution in [0.15, 0.2) is 24.3 Å². The van der Waals surface area contributed by atoms with E-state index >= 15 is 0 Å². The number of likely N-dealkylation sites (tertiary alicyclic amines) is 1. The maximum atomic E-state index is 13.8. The van der Waals surface area contributed by atoms with E-state index in [9.17, 15) is 14.7 Å². The minimum absolute atomic E-state index is 0.152. The lowest BCUT2D eigenvalue weighted by atomic mass is 9.52. The van der Waals surface area contributed by atoms with Crippen LogP contribution in [0.1, 0.15) is 60.3 Å². The Kier molecular flexibility index (Phi) is 4.71. The monoisotopic (exact) mass is 509 g/mol. The molecular formula is C24H19Cl4NO3. The van der Waals surface area contributed by atoms with Crippen molar-refractivity contribution in [2.24, 2.45) is 11.8 Å². The molecule has 4 aliphatic carbocycles. The number of imide groups is 1. The minimum atomic E-state index is -1.90. The predicted octanol–water partition coefficient (Wildman–Crippen LogP) is 5.93. The fourth-order valence-corrected chi connectivity index (χ4v) is 7.81. The third-order valence-electron chi connectivity index (χ3n) is 7.80. The molecule has 2 aromatic rings. The summed E-state index contributed by atoms with van der Waals surface area (Å²) in [4.78, 5) is 29.1. The molecule has 5 aliphatic rings. The van der Waals surface area contributed by atoms with Crippen molar-refractivity contribution in [3.8, 4) is 0 Å². The van der Waals surface area contributed by atoms with Gasteiger partial charge < -0.3 is 5.11 Å². The molecule has 0 aromatic heterocycles. The minimum Gasteiger partial charge on any atom is -0.379 e. The van der Waals surface area contributed by atoms with Crippen LogP contribution in [-0.4, -0.2) is 27.9 Å². The van der Waals surface area contributed by atoms with Crippen molar-refractivity contribution < 1.29 is 14.7 Å². The van der Waals surface area contributed by atoms with E-state index in [-0.39, 0.29) is 27.9 Å². The molecule has 2 amide bonds. The van der Waals surface area contributed by atoms with Gasteiger partial charge in [-0.25, -0.2) is 0 Å². The first-order chi connectivity index (χ1) is 15.3. The number of rotatable bonds is 1. The van der Waals surface area contributed by atoms with E-state index in [0.717, 1.165) is 32.1 Å². The molecule has 1 N–H and O–H groups in total. The van der Waals surface area contributed by atoms with E-state index in [1.165, 1.54) is 4.90 Å². The SMILES string of the molecule is O=C1C2C3c4c(Cl)ccc(Cl)c4C(O)(c4c(Cl)ccc(Cl)c43)C2C(=O)N1C1CCCCC1. The number of benzene rings is 2. The van der Waals surface area contributed by atoms with Crippen LogP contribution in [0.5, 0.6) is 0 Å². The van der Waals surface area contributed by atoms with Crippen LogP contribution in [0.3, 0.4) is 0 Å². The molecule has 2 aromatic carbocycles. The maximum absolute atomic E-state index is 13.8. The van der Waals surface area contributed by atoms with Crippen molar-refractivity contribution in [2.75, 3.05) is 0 Å². The molecule has 1 saturated carbocycles. The Morgan fingerprint density at radius 2 is 1.28 bits per heavy atom. The van der Waals surface area contributed by atoms with E-state index in [1.807, 2.05) is 0 Å². The van der Waals surface area contributed by atoms with Crippen molar-refractivity contribution in [2.45, 2.75) is 49.7 Å². The Labute approximate surface area is 205 Å². The fraction of sp³-hybridized carbons (Fsp3) is 0.417. The second-order valence-corrected chi connectivity index (χ2v) is 10.9. The molecule has 1 aliphatic heterocycles. The van der Waals surface area contributed by atoms with Crippen molar-refractivity contribution in [3.63, 3.8) is 0 Å². The van der Waals surface area contributed by atoms with Gasteiger partial charge in [-0.15, -0.1) is 0 Å². The van der Waals surface area contributed by atoms with Crippen LogP contribution in [0.2, 0.25) is 20.1 Å². The number of hydrogen-bond donors (Lipinski definition) is 1. The molecule has 8 heteroatoms. The summed E-state index contributed by atoms with van der Waals surface area (Å²) in [5.74, 6) is -3.06. The molecule has 1 heterocycles. The number of carbonyl (C=O) groups excluding carboxylic acids is 2. The van der Waals surface area contributed by atoms with Gasteiger partial charge in [0.15, 0.2) is 0 Å². The van der Waals surface area contributed by atoms with Gasteiger partial charge in [0.05, 0.1) is 11.8 Å². The Hall–Kier alpha value is -1.30. The number of hydrogen-bond acceptors (Lipinski definition) is 3. The molecule has 7 rings (SSSR count). The lowest BCUT2D eigenvalue weighted by Crippen LogP contribution is -2.54. The van der Waals surface area contributed by atoms with Gasteiger partial charge in [0, 0.05) is 43.2 Å². The van der Waals surface area contributed by atoms with Gasteiger partial charge in [0.25, 0.3) is 0 Å². The highest BCUT2D eigenvalue weighted by Gasteiger charge is 2.70. The first kappa shape index (κ1) is 21.2. The number of amides is 2. The van der Waals surface area contributed by atoms with Crippen molar-refractivity contribution in [1.29, 1.82) is 0 Å². The first-order valence-corrected chi connectivity index (χ1v) is 12.4. The Bertz CT molecular complexity index is 1150. The number of aliphatic hydroxyl groups is 1. The predicted molar refractivity (Wildman–Crippen MR) is 123 cm³/mol. The van der Waals surface area contributed by atoms with Gasteiger partial charge in [0.1, 0.15) is 5.60 Å². The molecule has 4 nitrogen and oxygen atoms in total. The van der Waals surface area contributed by atoms with E-state index in [0.29, 0.717) is 32.3 Å². The summed E-state index contributed by atoms with van der Waals surface area (Å²) in [6, 6.07) is 6.37. The summed E-state index contributed by atoms with van der Waals surface area (Å²) >= 11 is 26.5. The van der Waals surface area contributed by atoms with Crippen LogP contribution in [-0.2, 0) is 15.2 Å². The van der Waals surface area contributed by atoms with Gasteiger partial charge in [-0.1, -0.05) is 65.7 Å². The number of nitrogens with zero attached hydrogens (tertiary/aromatic N) is 1. The van der Waals surface area contributed by atoms with E-state index in [2.05, 4.69) is 0 Å². The van der Waals surface area contributed by atoms with Gasteiger partial charge in [-0.05, 0) is 48.2 Å². The zero-order valence-corrected chi connectivity index (χ0v) is 19.9. The third-order valence-corrected chi connectivity index (χ3v) is 9.09. The molecule has 2 bridgehead atoms. The van der Waals surface area contributed by atoms with E-state index in [1.54, 1.807) is 24.3 Å². The van der Waals surface area contributed by atoms with Crippen LogP contribution < -0.4 is 0 Å². The lowest BCUT2D eigenvalue weighted by molar-refractivity contribution is -0.145. The fourth-order valence-electron chi connectivity index (χ4n) is 6.65. The molecule has 2 unspecified atom stereocenters. The molecule has 2 atom stereocenters. The smallest absolute Gasteiger partial charge is 0.237 e. The van der Waals surface area contributed by atoms with Gasteiger partial charge in [-0.3, -0.25) is 14.5 Å². The molecule has 32 heavy (non-hydrogen) atoms. The highest BCUT2D eigenvalue weighted by Crippen LogP contribution is 2.67. The first-order valence-electron chi connectivity index (χ1n) is 10.8. The average molecular weight is 511 g/mol. The van der Waals surface area contributed by atoms with Crippen LogP contribution >= 0.6 is 46.4 Å². The van der Waals surface area contributed by atoms with Gasteiger partial charge >= 0.3 is 0 Å². The average Bonchev–Trinajstić information content (AvgIpc) is 3.05. The van der Waals surface area contributed by atoms with Gasteiger partial charge in [-0.2, -0.15) is 0 Å². The quantitative estimate of drug-likeness (QED) is 0.484. The van der Waals surface area contributed by atoms with Gasteiger partial charge in [0.2, 0.25) is 11.8 Å². The largest absolute Gasteiger partial charge is 0.379 e. The second-order valence-electron chi connectivity index (χ2n) is 9.22. The lowest BCUT2D eigenvalue weighted by Gasteiger charge is -2.52. The normalized spacial score (nSPS) is 31.0. The van der Waals surface area contributed by atoms with E-state index in [4.69, 9.17) is 46.4 Å². The van der Waals surface area contributed by atoms with Crippen molar-refractivity contribution >= 4 is 58.2 Å². The number of halogens is 4. The third kappa shape index (κ3) is 2.46. The van der Waals surface area contributed by atoms with Crippen LogP contribution in [0.4, 0.5) is 0 Å². The van der Waals surface area contributed by atoms with Crippen molar-refractivity contribution in [1.82, 2.24) is 4.90 Å². The summed E-state index contributed by atoms with van der Waals surface area (Å²) in [6.07, 6.45) is 4.60. The summed E-state index contributed by atoms with van der Waals surface area (Å²) in [5.41, 5.74) is -0.0515. The molecule has 1 saturated heterocycles. The molecule has 0 radical (unpaired) electrons. The second kappa shape index (κ2) is 7.10. The molecule has 0 spiro atoms. The summed E-state index contributed by atoms with van der Waals surface area (Å²) in [6.45, 7) is 0. The zero-order valence-electron chi connectivity index (χ0n) is 16.9. The highest BCUT2D eigenvalue weighted by atomic mass is 35.5. The molecular weight excluding hydrogens is 492 g/mol. The Balaban J connectivity index is 1.66. The summed E-state index contributed by atoms with van der Waals surface area (Å²) < 4.78 is 0. The van der Waals surface area contributed by atoms with Crippen LogP contribution in [0.25, 0.3) is 0 Å². The van der Waals surface area contributed by atoms with Crippen molar-refractivity contribution in [3.05, 3.63) is 66.6 Å². The highest BCUT2D eigenvalue weighted by molar-refractivity contribution is 6.37. The van der Waals surface area contributed by atoms with E-state index < -0.39 is 23.4 Å². The topological polar surface area (TPSA) is 57.6 Å². The standard InChI is InChI=1S/C24H19Cl4NO3/c25-11-6-8-13(27)19-15(11)17-16-12(26)7-9-14(28)20(16)24(19,32)21-18(17)22(30)29(23(21)31)10-4-2-1-3-5-10/h6-10,17-18,21,32H,1-5H2. The Morgan fingerprint density at radius 1 is 0.781 bits per heavy atom. The number of carbonyl (C=O) groups is 2. The van der Waals surface area contributed by atoms with Crippen LogP contribution in [0, 0.1) is 11.8 Å². The Morgan fingerprint density at radius 3 is 1.81 bits per heavy atom. The zero-order chi connectivity index (χ0) is 22.5. The molecule has 2 fully saturated rings.